The Bertz CT molecular complexity index is 3310. The summed E-state index contributed by atoms with van der Waals surface area (Å²) in [5.41, 5.74) is 20.8. The summed E-state index contributed by atoms with van der Waals surface area (Å²) in [5, 5.41) is 2.63. The monoisotopic (exact) mass is 803 g/mol. The van der Waals surface area contributed by atoms with E-state index in [4.69, 9.17) is 0 Å². The Hall–Kier alpha value is -7.74. The molecule has 0 spiro atoms. The lowest BCUT2D eigenvalue weighted by Gasteiger charge is -2.35. The summed E-state index contributed by atoms with van der Waals surface area (Å²) in [6, 6.07) is 87.5. The van der Waals surface area contributed by atoms with Crippen LogP contribution in [-0.2, 0) is 10.8 Å². The quantitative estimate of drug-likeness (QED) is 0.155. The van der Waals surface area contributed by atoms with Crippen molar-refractivity contribution < 1.29 is 0 Å². The van der Waals surface area contributed by atoms with Crippen molar-refractivity contribution in [2.75, 3.05) is 4.90 Å². The maximum Gasteiger partial charge on any atom is 0.0714 e. The molecule has 12 rings (SSSR count). The molecule has 2 aliphatic rings. The van der Waals surface area contributed by atoms with Gasteiger partial charge in [0, 0.05) is 22.5 Å². The zero-order chi connectivity index (χ0) is 42.1. The molecule has 0 aliphatic heterocycles. The summed E-state index contributed by atoms with van der Waals surface area (Å²) in [6.45, 7) is 4.75. The molecule has 63 heavy (non-hydrogen) atoms. The summed E-state index contributed by atoms with van der Waals surface area (Å²) in [7, 11) is 0. The molecule has 298 valence electrons. The van der Waals surface area contributed by atoms with Gasteiger partial charge in [0.1, 0.15) is 0 Å². The highest BCUT2D eigenvalue weighted by Crippen LogP contribution is 2.57. The third-order valence-electron chi connectivity index (χ3n) is 13.9. The van der Waals surface area contributed by atoms with Gasteiger partial charge in [-0.25, -0.2) is 0 Å². The predicted octanol–water partition coefficient (Wildman–Crippen LogP) is 16.3. The summed E-state index contributed by atoms with van der Waals surface area (Å²) in [6.07, 6.45) is 0. The zero-order valence-electron chi connectivity index (χ0n) is 35.5. The van der Waals surface area contributed by atoms with Gasteiger partial charge in [0.25, 0.3) is 0 Å². The van der Waals surface area contributed by atoms with E-state index in [1.807, 2.05) is 0 Å². The molecule has 1 nitrogen and oxygen atoms in total. The smallest absolute Gasteiger partial charge is 0.0714 e. The number of rotatable bonds is 7. The van der Waals surface area contributed by atoms with Crippen molar-refractivity contribution in [2.45, 2.75) is 24.7 Å². The van der Waals surface area contributed by atoms with Crippen molar-refractivity contribution in [3.63, 3.8) is 0 Å². The molecular formula is C62H45N. The average molecular weight is 804 g/mol. The van der Waals surface area contributed by atoms with Crippen LogP contribution >= 0.6 is 0 Å². The number of nitrogens with zero attached hydrogens (tertiary/aromatic N) is 1. The lowest BCUT2D eigenvalue weighted by molar-refractivity contribution is 0.661. The van der Waals surface area contributed by atoms with E-state index in [0.717, 1.165) is 17.1 Å². The fourth-order valence-corrected chi connectivity index (χ4v) is 11.0. The van der Waals surface area contributed by atoms with Gasteiger partial charge in [-0.05, 0) is 137 Å². The van der Waals surface area contributed by atoms with Crippen LogP contribution in [0.5, 0.6) is 0 Å². The number of benzene rings is 10. The van der Waals surface area contributed by atoms with Crippen LogP contribution in [0.25, 0.3) is 55.3 Å². The third kappa shape index (κ3) is 5.70. The molecule has 2 aliphatic carbocycles. The Morgan fingerprint density at radius 1 is 0.317 bits per heavy atom. The van der Waals surface area contributed by atoms with E-state index in [2.05, 4.69) is 255 Å². The number of anilines is 3. The number of fused-ring (bicyclic) bond motifs is 8. The zero-order valence-corrected chi connectivity index (χ0v) is 35.5. The van der Waals surface area contributed by atoms with Gasteiger partial charge in [-0.15, -0.1) is 0 Å². The predicted molar refractivity (Wildman–Crippen MR) is 264 cm³/mol. The molecule has 10 aromatic carbocycles. The van der Waals surface area contributed by atoms with E-state index in [1.54, 1.807) is 0 Å². The lowest BCUT2D eigenvalue weighted by atomic mass is 9.67. The normalized spacial score (nSPS) is 13.8. The van der Waals surface area contributed by atoms with Crippen LogP contribution in [0.3, 0.4) is 0 Å². The first-order chi connectivity index (χ1) is 31.0. The van der Waals surface area contributed by atoms with Gasteiger partial charge in [0.15, 0.2) is 0 Å². The van der Waals surface area contributed by atoms with Crippen LogP contribution in [0.4, 0.5) is 17.1 Å². The SMILES string of the molecule is CC1(C)c2cc(-c3cccc(-c4ccc(N(c5ccccc5)c5ccc6c(c5)C(c5ccccc5)(c5ccccc5)c5ccccc5-6)cc4)c3)ccc2-c2c1ccc1ccccc21. The van der Waals surface area contributed by atoms with Crippen LogP contribution < -0.4 is 4.90 Å². The minimum absolute atomic E-state index is 0.0871. The minimum Gasteiger partial charge on any atom is -0.310 e. The van der Waals surface area contributed by atoms with E-state index >= 15 is 0 Å². The molecule has 0 bridgehead atoms. The highest BCUT2D eigenvalue weighted by atomic mass is 15.1. The molecule has 0 N–H and O–H groups in total. The molecule has 0 heterocycles. The fourth-order valence-electron chi connectivity index (χ4n) is 11.0. The van der Waals surface area contributed by atoms with Crippen molar-refractivity contribution in [1.82, 2.24) is 0 Å². The standard InChI is InChI=1S/C62H45N/c1-61(2)57-38-32-43-17-12-13-26-52(43)60(57)55-36-31-46(40-58(55)61)45-19-16-18-44(39-45)42-29-33-50(34-30-42)63(49-24-10-5-11-25-49)51-35-37-54-53-27-14-15-28-56(53)62(59(54)41-51,47-20-6-3-7-21-47)48-22-8-4-9-23-48/h3-41H,1-2H3. The Labute approximate surface area is 370 Å². The van der Waals surface area contributed by atoms with Gasteiger partial charge in [0.05, 0.1) is 5.41 Å². The molecule has 0 saturated heterocycles. The minimum atomic E-state index is -0.478. The van der Waals surface area contributed by atoms with Gasteiger partial charge in [-0.1, -0.05) is 202 Å². The van der Waals surface area contributed by atoms with Gasteiger partial charge in [-0.2, -0.15) is 0 Å². The Balaban J connectivity index is 0.936. The Kier molecular flexibility index (Phi) is 8.49. The van der Waals surface area contributed by atoms with Crippen LogP contribution in [0.1, 0.15) is 47.2 Å². The lowest BCUT2D eigenvalue weighted by Crippen LogP contribution is -2.28. The molecule has 0 unspecified atom stereocenters. The summed E-state index contributed by atoms with van der Waals surface area (Å²) in [4.78, 5) is 2.40. The largest absolute Gasteiger partial charge is 0.310 e. The van der Waals surface area contributed by atoms with Crippen LogP contribution in [-0.4, -0.2) is 0 Å². The first kappa shape index (κ1) is 37.1. The summed E-state index contributed by atoms with van der Waals surface area (Å²) >= 11 is 0. The first-order valence-electron chi connectivity index (χ1n) is 22.1. The summed E-state index contributed by atoms with van der Waals surface area (Å²) < 4.78 is 0. The van der Waals surface area contributed by atoms with Crippen molar-refractivity contribution in [3.05, 3.63) is 270 Å². The van der Waals surface area contributed by atoms with Crippen molar-refractivity contribution in [1.29, 1.82) is 0 Å². The van der Waals surface area contributed by atoms with E-state index in [9.17, 15) is 0 Å². The maximum atomic E-state index is 2.44. The molecular weight excluding hydrogens is 759 g/mol. The third-order valence-corrected chi connectivity index (χ3v) is 13.9. The van der Waals surface area contributed by atoms with Gasteiger partial charge >= 0.3 is 0 Å². The van der Waals surface area contributed by atoms with Gasteiger partial charge in [-0.3, -0.25) is 0 Å². The Morgan fingerprint density at radius 2 is 0.873 bits per heavy atom. The van der Waals surface area contributed by atoms with Crippen LogP contribution in [0.15, 0.2) is 237 Å². The van der Waals surface area contributed by atoms with E-state index in [-0.39, 0.29) is 5.41 Å². The second kappa shape index (κ2) is 14.4. The maximum absolute atomic E-state index is 2.44. The number of para-hydroxylation sites is 1. The topological polar surface area (TPSA) is 3.24 Å². The molecule has 0 fully saturated rings. The molecule has 0 amide bonds. The van der Waals surface area contributed by atoms with E-state index < -0.39 is 5.41 Å². The highest BCUT2D eigenvalue weighted by Gasteiger charge is 2.46. The van der Waals surface area contributed by atoms with Crippen molar-refractivity contribution in [2.24, 2.45) is 0 Å². The van der Waals surface area contributed by atoms with E-state index in [1.165, 1.54) is 88.7 Å². The molecule has 0 radical (unpaired) electrons. The van der Waals surface area contributed by atoms with Gasteiger partial charge < -0.3 is 4.90 Å². The van der Waals surface area contributed by atoms with Crippen LogP contribution in [0.2, 0.25) is 0 Å². The second-order valence-corrected chi connectivity index (χ2v) is 17.7. The van der Waals surface area contributed by atoms with Gasteiger partial charge in [0.2, 0.25) is 0 Å². The summed E-state index contributed by atoms with van der Waals surface area (Å²) in [5.74, 6) is 0. The average Bonchev–Trinajstić information content (AvgIpc) is 3.78. The van der Waals surface area contributed by atoms with E-state index in [0.29, 0.717) is 0 Å². The van der Waals surface area contributed by atoms with Crippen molar-refractivity contribution in [3.8, 4) is 44.5 Å². The first-order valence-corrected chi connectivity index (χ1v) is 22.1. The molecule has 10 aromatic rings. The number of hydrogen-bond donors (Lipinski definition) is 0. The molecule has 0 saturated carbocycles. The fraction of sp³-hybridized carbons (Fsp3) is 0.0645. The molecule has 0 atom stereocenters. The van der Waals surface area contributed by atoms with Crippen molar-refractivity contribution >= 4 is 27.8 Å². The number of hydrogen-bond acceptors (Lipinski definition) is 1. The molecule has 0 aromatic heterocycles. The van der Waals surface area contributed by atoms with Crippen LogP contribution in [0, 0.1) is 0 Å². The highest BCUT2D eigenvalue weighted by molar-refractivity contribution is 6.03. The molecule has 1 heteroatoms. The second-order valence-electron chi connectivity index (χ2n) is 17.7. The Morgan fingerprint density at radius 3 is 1.62 bits per heavy atom.